The van der Waals surface area contributed by atoms with Crippen LogP contribution in [0, 0.1) is 0 Å². The van der Waals surface area contributed by atoms with Crippen molar-refractivity contribution >= 4 is 24.4 Å². The maximum absolute atomic E-state index is 11.0. The summed E-state index contributed by atoms with van der Waals surface area (Å²) < 4.78 is 7.37. The topological polar surface area (TPSA) is 56.1 Å². The summed E-state index contributed by atoms with van der Waals surface area (Å²) in [5.74, 6) is 1.72. The van der Waals surface area contributed by atoms with Crippen molar-refractivity contribution in [3.05, 3.63) is 89.1 Å². The molecule has 31 heavy (non-hydrogen) atoms. The van der Waals surface area contributed by atoms with E-state index in [1.54, 1.807) is 13.3 Å². The summed E-state index contributed by atoms with van der Waals surface area (Å²) in [6.07, 6.45) is 11.5. The predicted molar refractivity (Wildman–Crippen MR) is 123 cm³/mol. The van der Waals surface area contributed by atoms with Crippen LogP contribution in [0.15, 0.2) is 66.7 Å². The third-order valence-corrected chi connectivity index (χ3v) is 6.13. The molecular weight excluding hydrogens is 386 g/mol. The second kappa shape index (κ2) is 7.91. The third-order valence-electron chi connectivity index (χ3n) is 6.13. The van der Waals surface area contributed by atoms with E-state index in [2.05, 4.69) is 53.9 Å². The van der Waals surface area contributed by atoms with Crippen molar-refractivity contribution in [2.24, 2.45) is 0 Å². The van der Waals surface area contributed by atoms with Crippen LogP contribution < -0.4 is 10.1 Å². The summed E-state index contributed by atoms with van der Waals surface area (Å²) in [5, 5.41) is 8.32. The lowest BCUT2D eigenvalue weighted by atomic mass is 9.68. The van der Waals surface area contributed by atoms with Crippen LogP contribution in [-0.4, -0.2) is 29.2 Å². The van der Waals surface area contributed by atoms with Gasteiger partial charge in [0.1, 0.15) is 12.0 Å². The molecule has 0 amide bonds. The van der Waals surface area contributed by atoms with E-state index in [0.29, 0.717) is 6.04 Å². The molecule has 2 aliphatic rings. The van der Waals surface area contributed by atoms with E-state index in [0.717, 1.165) is 41.1 Å². The number of anilines is 1. The van der Waals surface area contributed by atoms with Crippen LogP contribution in [0.1, 0.15) is 35.2 Å². The lowest BCUT2D eigenvalue weighted by Gasteiger charge is -2.35. The molecule has 1 atom stereocenters. The number of carbonyl (C=O) groups is 1. The Bertz CT molecular complexity index is 1160. The van der Waals surface area contributed by atoms with Gasteiger partial charge < -0.3 is 10.1 Å². The summed E-state index contributed by atoms with van der Waals surface area (Å²) in [6, 6.07) is 19.3. The summed E-state index contributed by atoms with van der Waals surface area (Å²) >= 11 is 0. The molecule has 1 saturated carbocycles. The van der Waals surface area contributed by atoms with Crippen LogP contribution in [0.3, 0.4) is 0 Å². The second-order valence-electron chi connectivity index (χ2n) is 8.13. The standard InChI is InChI=1S/C26H25N3O2/c1-31-22-10-5-9-20(17-22)26(19-7-3-2-4-8-19)14-13-23-24(18-26)29(15-6-16-30)28-25(23)27-21-11-12-21/h2-10,13-17,21H,11-12,18H2,1H3,(H,27,28). The molecular formula is C26H25N3O2. The minimum absolute atomic E-state index is 0.369. The van der Waals surface area contributed by atoms with E-state index in [9.17, 15) is 4.79 Å². The Balaban J connectivity index is 1.67. The molecule has 1 aromatic heterocycles. The Labute approximate surface area is 182 Å². The quantitative estimate of drug-likeness (QED) is 0.453. The first-order valence-corrected chi connectivity index (χ1v) is 10.6. The van der Waals surface area contributed by atoms with Gasteiger partial charge in [-0.2, -0.15) is 5.10 Å². The van der Waals surface area contributed by atoms with E-state index >= 15 is 0 Å². The van der Waals surface area contributed by atoms with Crippen LogP contribution in [-0.2, 0) is 16.6 Å². The number of carbonyl (C=O) groups excluding carboxylic acids is 1. The minimum Gasteiger partial charge on any atom is -0.497 e. The summed E-state index contributed by atoms with van der Waals surface area (Å²) in [7, 11) is 1.69. The molecule has 0 saturated heterocycles. The minimum atomic E-state index is -0.369. The number of aldehydes is 1. The first kappa shape index (κ1) is 19.4. The van der Waals surface area contributed by atoms with Crippen molar-refractivity contribution in [2.75, 3.05) is 12.4 Å². The monoisotopic (exact) mass is 411 g/mol. The molecule has 1 N–H and O–H groups in total. The van der Waals surface area contributed by atoms with Gasteiger partial charge in [-0.1, -0.05) is 54.6 Å². The highest BCUT2D eigenvalue weighted by Gasteiger charge is 2.38. The maximum atomic E-state index is 11.0. The Morgan fingerprint density at radius 2 is 1.94 bits per heavy atom. The summed E-state index contributed by atoms with van der Waals surface area (Å²) in [4.78, 5) is 11.0. The van der Waals surface area contributed by atoms with Gasteiger partial charge in [0.25, 0.3) is 0 Å². The highest BCUT2D eigenvalue weighted by Crippen LogP contribution is 2.44. The fraction of sp³-hybridized carbons (Fsp3) is 0.231. The molecule has 0 radical (unpaired) electrons. The average Bonchev–Trinajstić information content (AvgIpc) is 3.59. The summed E-state index contributed by atoms with van der Waals surface area (Å²) in [6.45, 7) is 0. The smallest absolute Gasteiger partial charge is 0.156 e. The second-order valence-corrected chi connectivity index (χ2v) is 8.13. The van der Waals surface area contributed by atoms with E-state index in [-0.39, 0.29) is 5.41 Å². The van der Waals surface area contributed by atoms with Gasteiger partial charge in [0, 0.05) is 29.6 Å². The third kappa shape index (κ3) is 3.56. The maximum Gasteiger partial charge on any atom is 0.156 e. The molecule has 156 valence electrons. The Hall–Kier alpha value is -3.60. The van der Waals surface area contributed by atoms with Crippen molar-refractivity contribution < 1.29 is 9.53 Å². The zero-order chi connectivity index (χ0) is 21.3. The zero-order valence-corrected chi connectivity index (χ0v) is 17.5. The molecule has 2 aliphatic carbocycles. The van der Waals surface area contributed by atoms with Crippen molar-refractivity contribution in [3.8, 4) is 5.75 Å². The normalized spacial score (nSPS) is 19.9. The number of rotatable bonds is 7. The number of hydrogen-bond acceptors (Lipinski definition) is 4. The van der Waals surface area contributed by atoms with Crippen molar-refractivity contribution in [1.29, 1.82) is 0 Å². The number of ether oxygens (including phenoxy) is 1. The molecule has 0 spiro atoms. The Morgan fingerprint density at radius 1 is 1.13 bits per heavy atom. The number of nitrogens with zero attached hydrogens (tertiary/aromatic N) is 2. The first-order chi connectivity index (χ1) is 15.2. The number of allylic oxidation sites excluding steroid dienone is 2. The number of fused-ring (bicyclic) bond motifs is 1. The van der Waals surface area contributed by atoms with Crippen molar-refractivity contribution in [3.63, 3.8) is 0 Å². The molecule has 3 aromatic rings. The number of aromatic nitrogens is 2. The lowest BCUT2D eigenvalue weighted by molar-refractivity contribution is -0.104. The van der Waals surface area contributed by atoms with E-state index < -0.39 is 0 Å². The number of nitrogens with one attached hydrogen (secondary N) is 1. The van der Waals surface area contributed by atoms with E-state index in [4.69, 9.17) is 9.84 Å². The molecule has 0 aliphatic heterocycles. The molecule has 1 fully saturated rings. The lowest BCUT2D eigenvalue weighted by Crippen LogP contribution is -2.31. The van der Waals surface area contributed by atoms with Gasteiger partial charge in [0.15, 0.2) is 5.82 Å². The Kier molecular flexibility index (Phi) is 4.94. The largest absolute Gasteiger partial charge is 0.497 e. The fourth-order valence-electron chi connectivity index (χ4n) is 4.35. The molecule has 0 bridgehead atoms. The van der Waals surface area contributed by atoms with Gasteiger partial charge in [0.2, 0.25) is 0 Å². The number of benzene rings is 2. The molecule has 1 unspecified atom stereocenters. The van der Waals surface area contributed by atoms with E-state index in [1.165, 1.54) is 24.5 Å². The van der Waals surface area contributed by atoms with Gasteiger partial charge in [-0.15, -0.1) is 0 Å². The van der Waals surface area contributed by atoms with Crippen LogP contribution in [0.5, 0.6) is 5.75 Å². The van der Waals surface area contributed by atoms with Crippen LogP contribution in [0.2, 0.25) is 0 Å². The van der Waals surface area contributed by atoms with Crippen LogP contribution >= 0.6 is 0 Å². The average molecular weight is 412 g/mol. The highest BCUT2D eigenvalue weighted by molar-refractivity contribution is 5.74. The van der Waals surface area contributed by atoms with Crippen molar-refractivity contribution in [2.45, 2.75) is 30.7 Å². The molecule has 5 heteroatoms. The van der Waals surface area contributed by atoms with Gasteiger partial charge in [-0.05, 0) is 42.2 Å². The van der Waals surface area contributed by atoms with Crippen LogP contribution in [0.4, 0.5) is 5.82 Å². The molecule has 1 heterocycles. The molecule has 5 rings (SSSR count). The highest BCUT2D eigenvalue weighted by atomic mass is 16.5. The van der Waals surface area contributed by atoms with Crippen molar-refractivity contribution in [1.82, 2.24) is 9.78 Å². The van der Waals surface area contributed by atoms with Gasteiger partial charge >= 0.3 is 0 Å². The first-order valence-electron chi connectivity index (χ1n) is 10.6. The van der Waals surface area contributed by atoms with Gasteiger partial charge in [-0.25, -0.2) is 4.68 Å². The van der Waals surface area contributed by atoms with E-state index in [1.807, 2.05) is 22.9 Å². The predicted octanol–water partition coefficient (Wildman–Crippen LogP) is 4.69. The molecule has 5 nitrogen and oxygen atoms in total. The van der Waals surface area contributed by atoms with Gasteiger partial charge in [-0.3, -0.25) is 4.79 Å². The van der Waals surface area contributed by atoms with Crippen LogP contribution in [0.25, 0.3) is 12.3 Å². The number of hydrogen-bond donors (Lipinski definition) is 1. The van der Waals surface area contributed by atoms with Gasteiger partial charge in [0.05, 0.1) is 12.8 Å². The fourth-order valence-corrected chi connectivity index (χ4v) is 4.35. The Morgan fingerprint density at radius 3 is 2.68 bits per heavy atom. The summed E-state index contributed by atoms with van der Waals surface area (Å²) in [5.41, 5.74) is 4.16. The SMILES string of the molecule is COc1cccc(C2(c3ccccc3)C=Cc3c(NC4CC4)nn(C=CC=O)c3C2)c1. The molecule has 2 aromatic carbocycles. The zero-order valence-electron chi connectivity index (χ0n) is 17.5. The number of methoxy groups -OCH3 is 1.